The van der Waals surface area contributed by atoms with E-state index < -0.39 is 22.3 Å². The topological polar surface area (TPSA) is 72.8 Å². The summed E-state index contributed by atoms with van der Waals surface area (Å²) in [6, 6.07) is 0. The van der Waals surface area contributed by atoms with Crippen molar-refractivity contribution in [1.29, 1.82) is 0 Å². The molecule has 0 spiro atoms. The number of aliphatic hydroxyl groups excluding tert-OH is 1. The smallest absolute Gasteiger partial charge is 0.264 e. The number of aliphatic hydroxyl groups is 1. The molecule has 2 atom stereocenters. The molecule has 1 fully saturated rings. The van der Waals surface area contributed by atoms with E-state index >= 15 is 0 Å². The van der Waals surface area contributed by atoms with Gasteiger partial charge in [-0.15, -0.1) is 0 Å². The van der Waals surface area contributed by atoms with Crippen molar-refractivity contribution in [2.75, 3.05) is 19.5 Å². The first kappa shape index (κ1) is 9.91. The molecule has 0 aliphatic carbocycles. The molecule has 5 nitrogen and oxygen atoms in total. The first-order valence-corrected chi connectivity index (χ1v) is 5.45. The van der Waals surface area contributed by atoms with Gasteiger partial charge in [-0.25, -0.2) is 0 Å². The first-order valence-electron chi connectivity index (χ1n) is 3.63. The van der Waals surface area contributed by atoms with Gasteiger partial charge in [0.25, 0.3) is 10.1 Å². The van der Waals surface area contributed by atoms with E-state index in [9.17, 15) is 8.42 Å². The lowest BCUT2D eigenvalue weighted by molar-refractivity contribution is 0.0151. The zero-order valence-electron chi connectivity index (χ0n) is 6.76. The lowest BCUT2D eigenvalue weighted by Gasteiger charge is -2.14. The fourth-order valence-corrected chi connectivity index (χ4v) is 1.80. The summed E-state index contributed by atoms with van der Waals surface area (Å²) in [4.78, 5) is 0. The third kappa shape index (κ3) is 2.71. The third-order valence-electron chi connectivity index (χ3n) is 1.63. The van der Waals surface area contributed by atoms with Gasteiger partial charge in [0.2, 0.25) is 0 Å². The molecule has 0 saturated carbocycles. The van der Waals surface area contributed by atoms with Gasteiger partial charge in [0, 0.05) is 13.0 Å². The van der Waals surface area contributed by atoms with Crippen LogP contribution in [0, 0.1) is 0 Å². The van der Waals surface area contributed by atoms with Gasteiger partial charge in [0.1, 0.15) is 12.2 Å². The van der Waals surface area contributed by atoms with Crippen LogP contribution in [0.15, 0.2) is 0 Å². The van der Waals surface area contributed by atoms with E-state index in [1.165, 1.54) is 0 Å². The maximum atomic E-state index is 10.7. The molecule has 6 heteroatoms. The van der Waals surface area contributed by atoms with Crippen molar-refractivity contribution in [1.82, 2.24) is 0 Å². The minimum Gasteiger partial charge on any atom is -0.394 e. The Kier molecular flexibility index (Phi) is 3.05. The Morgan fingerprint density at radius 3 is 2.83 bits per heavy atom. The summed E-state index contributed by atoms with van der Waals surface area (Å²) in [5, 5.41) is 8.73. The molecule has 1 N–H and O–H groups in total. The van der Waals surface area contributed by atoms with Crippen LogP contribution in [0.3, 0.4) is 0 Å². The predicted molar refractivity (Wildman–Crippen MR) is 41.2 cm³/mol. The Bertz CT molecular complexity index is 234. The van der Waals surface area contributed by atoms with Crippen molar-refractivity contribution < 1.29 is 22.4 Å². The summed E-state index contributed by atoms with van der Waals surface area (Å²) in [6.45, 7) is 0.228. The van der Waals surface area contributed by atoms with Crippen LogP contribution in [-0.4, -0.2) is 45.2 Å². The molecule has 0 amide bonds. The molecule has 0 radical (unpaired) electrons. The SMILES string of the molecule is CS(=O)(=O)O[C@@H]1CCO[C@@H]1CO. The predicted octanol–water partition coefficient (Wildman–Crippen LogP) is -0.888. The second-order valence-electron chi connectivity index (χ2n) is 2.72. The third-order valence-corrected chi connectivity index (χ3v) is 2.22. The van der Waals surface area contributed by atoms with Crippen LogP contribution in [0.4, 0.5) is 0 Å². The minimum absolute atomic E-state index is 0.208. The second-order valence-corrected chi connectivity index (χ2v) is 4.32. The van der Waals surface area contributed by atoms with Gasteiger partial charge in [0.15, 0.2) is 0 Å². The minimum atomic E-state index is -3.44. The molecule has 72 valence electrons. The van der Waals surface area contributed by atoms with E-state index in [1.54, 1.807) is 0 Å². The summed E-state index contributed by atoms with van der Waals surface area (Å²) in [5.41, 5.74) is 0. The molecular formula is C6H12O5S. The van der Waals surface area contributed by atoms with Gasteiger partial charge in [0.05, 0.1) is 12.9 Å². The van der Waals surface area contributed by atoms with Crippen LogP contribution in [0.5, 0.6) is 0 Å². The highest BCUT2D eigenvalue weighted by atomic mass is 32.2. The Balaban J connectivity index is 2.52. The molecule has 1 aliphatic rings. The maximum absolute atomic E-state index is 10.7. The van der Waals surface area contributed by atoms with E-state index in [1.807, 2.05) is 0 Å². The van der Waals surface area contributed by atoms with Crippen molar-refractivity contribution in [2.45, 2.75) is 18.6 Å². The van der Waals surface area contributed by atoms with E-state index in [2.05, 4.69) is 4.18 Å². The highest BCUT2D eigenvalue weighted by Crippen LogP contribution is 2.17. The normalized spacial score (nSPS) is 30.8. The molecule has 0 unspecified atom stereocenters. The van der Waals surface area contributed by atoms with Crippen LogP contribution in [-0.2, 0) is 19.0 Å². The average molecular weight is 196 g/mol. The van der Waals surface area contributed by atoms with Crippen molar-refractivity contribution in [3.05, 3.63) is 0 Å². The van der Waals surface area contributed by atoms with E-state index in [-0.39, 0.29) is 6.61 Å². The zero-order chi connectivity index (χ0) is 9.19. The van der Waals surface area contributed by atoms with Gasteiger partial charge >= 0.3 is 0 Å². The Labute approximate surface area is 71.4 Å². The summed E-state index contributed by atoms with van der Waals surface area (Å²) in [7, 11) is -3.44. The molecule has 0 aromatic carbocycles. The van der Waals surface area contributed by atoms with Gasteiger partial charge in [-0.05, 0) is 0 Å². The summed E-state index contributed by atoms with van der Waals surface area (Å²) < 4.78 is 31.1. The van der Waals surface area contributed by atoms with E-state index in [0.717, 1.165) is 6.26 Å². The summed E-state index contributed by atoms with van der Waals surface area (Å²) >= 11 is 0. The van der Waals surface area contributed by atoms with Gasteiger partial charge in [-0.1, -0.05) is 0 Å². The van der Waals surface area contributed by atoms with Gasteiger partial charge < -0.3 is 9.84 Å². The lowest BCUT2D eigenvalue weighted by atomic mass is 10.2. The number of hydrogen-bond acceptors (Lipinski definition) is 5. The zero-order valence-corrected chi connectivity index (χ0v) is 7.58. The summed E-state index contributed by atoms with van der Waals surface area (Å²) in [6.07, 6.45) is 0.475. The quantitative estimate of drug-likeness (QED) is 0.593. The largest absolute Gasteiger partial charge is 0.394 e. The van der Waals surface area contributed by atoms with Crippen LogP contribution < -0.4 is 0 Å². The number of hydrogen-bond donors (Lipinski definition) is 1. The van der Waals surface area contributed by atoms with Crippen molar-refractivity contribution >= 4 is 10.1 Å². The molecule has 1 rings (SSSR count). The fourth-order valence-electron chi connectivity index (χ4n) is 1.13. The second kappa shape index (κ2) is 3.69. The molecule has 0 aromatic rings. The number of rotatable bonds is 3. The highest BCUT2D eigenvalue weighted by molar-refractivity contribution is 7.86. The molecular weight excluding hydrogens is 184 g/mol. The van der Waals surface area contributed by atoms with Crippen molar-refractivity contribution in [3.63, 3.8) is 0 Å². The Morgan fingerprint density at radius 2 is 2.33 bits per heavy atom. The standard InChI is InChI=1S/C6H12O5S/c1-12(8,9)11-5-2-3-10-6(5)4-7/h5-7H,2-4H2,1H3/t5-,6-/m1/s1. The molecule has 0 bridgehead atoms. The van der Waals surface area contributed by atoms with Crippen LogP contribution in [0.1, 0.15) is 6.42 Å². The van der Waals surface area contributed by atoms with Crippen LogP contribution >= 0.6 is 0 Å². The molecule has 1 heterocycles. The monoisotopic (exact) mass is 196 g/mol. The molecule has 12 heavy (non-hydrogen) atoms. The van der Waals surface area contributed by atoms with E-state index in [4.69, 9.17) is 9.84 Å². The van der Waals surface area contributed by atoms with Gasteiger partial charge in [-0.2, -0.15) is 8.42 Å². The summed E-state index contributed by atoms with van der Waals surface area (Å²) in [5.74, 6) is 0. The molecule has 0 aromatic heterocycles. The molecule has 1 aliphatic heterocycles. The fraction of sp³-hybridized carbons (Fsp3) is 1.00. The van der Waals surface area contributed by atoms with Gasteiger partial charge in [-0.3, -0.25) is 4.18 Å². The van der Waals surface area contributed by atoms with Crippen LogP contribution in [0.2, 0.25) is 0 Å². The number of ether oxygens (including phenoxy) is 1. The lowest BCUT2D eigenvalue weighted by Crippen LogP contribution is -2.29. The van der Waals surface area contributed by atoms with Crippen molar-refractivity contribution in [3.8, 4) is 0 Å². The van der Waals surface area contributed by atoms with E-state index in [0.29, 0.717) is 13.0 Å². The highest BCUT2D eigenvalue weighted by Gasteiger charge is 2.31. The first-order chi connectivity index (χ1) is 5.53. The average Bonchev–Trinajstić information content (AvgIpc) is 2.31. The van der Waals surface area contributed by atoms with Crippen LogP contribution in [0.25, 0.3) is 0 Å². The Hall–Kier alpha value is -0.170. The Morgan fingerprint density at radius 1 is 1.67 bits per heavy atom. The molecule has 1 saturated heterocycles. The van der Waals surface area contributed by atoms with Crippen molar-refractivity contribution in [2.24, 2.45) is 0 Å². The maximum Gasteiger partial charge on any atom is 0.264 e.